The minimum atomic E-state index is -0.368. The first-order valence-corrected chi connectivity index (χ1v) is 8.10. The van der Waals surface area contributed by atoms with Gasteiger partial charge in [-0.25, -0.2) is 0 Å². The fourth-order valence-electron chi connectivity index (χ4n) is 1.72. The van der Waals surface area contributed by atoms with Gasteiger partial charge in [0.2, 0.25) is 0 Å². The molecule has 100 valence electrons. The van der Waals surface area contributed by atoms with Crippen LogP contribution in [0.1, 0.15) is 5.56 Å². The molecule has 0 saturated carbocycles. The van der Waals surface area contributed by atoms with Crippen molar-refractivity contribution in [2.24, 2.45) is 0 Å². The van der Waals surface area contributed by atoms with Crippen molar-refractivity contribution >= 4 is 39.3 Å². The third kappa shape index (κ3) is 5.19. The second-order valence-corrected chi connectivity index (χ2v) is 6.70. The molecule has 1 unspecified atom stereocenters. The predicted octanol–water partition coefficient (Wildman–Crippen LogP) is 4.80. The maximum absolute atomic E-state index is 10.0. The smallest absolute Gasteiger partial charge is 0.0674 e. The molecule has 0 heterocycles. The number of aliphatic hydroxyl groups excluding tert-OH is 1. The van der Waals surface area contributed by atoms with E-state index in [0.717, 1.165) is 14.9 Å². The normalized spacial score (nSPS) is 12.4. The van der Waals surface area contributed by atoms with Crippen molar-refractivity contribution in [2.45, 2.75) is 17.4 Å². The van der Waals surface area contributed by atoms with Gasteiger partial charge in [-0.15, -0.1) is 11.8 Å². The first kappa shape index (κ1) is 14.9. The highest BCUT2D eigenvalue weighted by Gasteiger charge is 2.07. The maximum atomic E-state index is 10.0. The Morgan fingerprint density at radius 3 is 2.58 bits per heavy atom. The van der Waals surface area contributed by atoms with Gasteiger partial charge >= 0.3 is 0 Å². The monoisotopic (exact) mass is 356 g/mol. The molecule has 1 N–H and O–H groups in total. The molecule has 2 rings (SSSR count). The van der Waals surface area contributed by atoms with Crippen molar-refractivity contribution in [1.82, 2.24) is 0 Å². The molecule has 0 aliphatic heterocycles. The van der Waals surface area contributed by atoms with Crippen LogP contribution in [-0.4, -0.2) is 17.0 Å². The zero-order valence-electron chi connectivity index (χ0n) is 10.2. The summed E-state index contributed by atoms with van der Waals surface area (Å²) in [5.41, 5.74) is 1.07. The molecule has 0 amide bonds. The van der Waals surface area contributed by atoms with Gasteiger partial charge in [0.25, 0.3) is 0 Å². The third-order valence-electron chi connectivity index (χ3n) is 2.62. The van der Waals surface area contributed by atoms with E-state index in [2.05, 4.69) is 15.9 Å². The van der Waals surface area contributed by atoms with Crippen molar-refractivity contribution in [3.05, 3.63) is 63.6 Å². The lowest BCUT2D eigenvalue weighted by atomic mass is 10.1. The van der Waals surface area contributed by atoms with E-state index in [1.807, 2.05) is 48.5 Å². The molecule has 0 saturated heterocycles. The van der Waals surface area contributed by atoms with Gasteiger partial charge in [0, 0.05) is 20.1 Å². The number of halogens is 2. The van der Waals surface area contributed by atoms with Crippen LogP contribution in [0.25, 0.3) is 0 Å². The van der Waals surface area contributed by atoms with Gasteiger partial charge in [0.1, 0.15) is 0 Å². The lowest BCUT2D eigenvalue weighted by Gasteiger charge is -2.10. The van der Waals surface area contributed by atoms with Crippen LogP contribution in [0.15, 0.2) is 57.9 Å². The molecule has 4 heteroatoms. The van der Waals surface area contributed by atoms with Gasteiger partial charge in [-0.3, -0.25) is 0 Å². The summed E-state index contributed by atoms with van der Waals surface area (Å²) in [5.74, 6) is 0.675. The molecule has 0 fully saturated rings. The van der Waals surface area contributed by atoms with E-state index in [9.17, 15) is 5.11 Å². The highest BCUT2D eigenvalue weighted by atomic mass is 79.9. The van der Waals surface area contributed by atoms with Crippen LogP contribution >= 0.6 is 39.3 Å². The summed E-state index contributed by atoms with van der Waals surface area (Å²) >= 11 is 11.0. The van der Waals surface area contributed by atoms with E-state index >= 15 is 0 Å². The fraction of sp³-hybridized carbons (Fsp3) is 0.200. The maximum Gasteiger partial charge on any atom is 0.0674 e. The quantitative estimate of drug-likeness (QED) is 0.776. The minimum Gasteiger partial charge on any atom is -0.392 e. The van der Waals surface area contributed by atoms with Crippen LogP contribution in [0.5, 0.6) is 0 Å². The lowest BCUT2D eigenvalue weighted by molar-refractivity contribution is 0.200. The summed E-state index contributed by atoms with van der Waals surface area (Å²) in [6.07, 6.45) is 0.261. The molecule has 19 heavy (non-hydrogen) atoms. The Morgan fingerprint density at radius 2 is 1.89 bits per heavy atom. The Morgan fingerprint density at radius 1 is 1.16 bits per heavy atom. The summed E-state index contributed by atoms with van der Waals surface area (Å²) in [7, 11) is 0. The van der Waals surface area contributed by atoms with Crippen LogP contribution in [0.2, 0.25) is 5.02 Å². The first-order valence-electron chi connectivity index (χ1n) is 5.94. The number of hydrogen-bond acceptors (Lipinski definition) is 2. The zero-order chi connectivity index (χ0) is 13.7. The van der Waals surface area contributed by atoms with Crippen molar-refractivity contribution in [1.29, 1.82) is 0 Å². The third-order valence-corrected chi connectivity index (χ3v) is 4.54. The average Bonchev–Trinajstić information content (AvgIpc) is 2.38. The summed E-state index contributed by atoms with van der Waals surface area (Å²) < 4.78 is 1.07. The van der Waals surface area contributed by atoms with E-state index in [4.69, 9.17) is 11.6 Å². The molecule has 1 nitrogen and oxygen atoms in total. The van der Waals surface area contributed by atoms with E-state index < -0.39 is 0 Å². The highest BCUT2D eigenvalue weighted by Crippen LogP contribution is 2.22. The van der Waals surface area contributed by atoms with E-state index in [1.165, 1.54) is 0 Å². The molecule has 0 bridgehead atoms. The first-order chi connectivity index (χ1) is 9.13. The SMILES string of the molecule is OC(CSc1ccc(Br)cc1)Cc1cccc(Cl)c1. The summed E-state index contributed by atoms with van der Waals surface area (Å²) in [6, 6.07) is 15.7. The van der Waals surface area contributed by atoms with Gasteiger partial charge in [-0.2, -0.15) is 0 Å². The molecular formula is C15H14BrClOS. The van der Waals surface area contributed by atoms with Crippen molar-refractivity contribution in [3.8, 4) is 0 Å². The minimum absolute atomic E-state index is 0.368. The van der Waals surface area contributed by atoms with Crippen LogP contribution in [-0.2, 0) is 6.42 Å². The van der Waals surface area contributed by atoms with Crippen molar-refractivity contribution < 1.29 is 5.11 Å². The van der Waals surface area contributed by atoms with Crippen LogP contribution < -0.4 is 0 Å². The molecule has 2 aromatic rings. The molecule has 0 aliphatic rings. The van der Waals surface area contributed by atoms with Gasteiger partial charge in [0.15, 0.2) is 0 Å². The van der Waals surface area contributed by atoms with Gasteiger partial charge in [0.05, 0.1) is 6.10 Å². The van der Waals surface area contributed by atoms with E-state index in [-0.39, 0.29) is 6.10 Å². The number of hydrogen-bond donors (Lipinski definition) is 1. The molecule has 2 aromatic carbocycles. The van der Waals surface area contributed by atoms with Crippen LogP contribution in [0.3, 0.4) is 0 Å². The van der Waals surface area contributed by atoms with Gasteiger partial charge in [-0.1, -0.05) is 39.7 Å². The van der Waals surface area contributed by atoms with E-state index in [0.29, 0.717) is 17.2 Å². The Hall–Kier alpha value is -0.480. The second kappa shape index (κ2) is 7.34. The van der Waals surface area contributed by atoms with Crippen LogP contribution in [0.4, 0.5) is 0 Å². The molecule has 1 atom stereocenters. The molecule has 0 aliphatic carbocycles. The Labute approximate surface area is 131 Å². The topological polar surface area (TPSA) is 20.2 Å². The highest BCUT2D eigenvalue weighted by molar-refractivity contribution is 9.10. The number of rotatable bonds is 5. The summed E-state index contributed by atoms with van der Waals surface area (Å²) in [5, 5.41) is 10.7. The molecule has 0 aromatic heterocycles. The predicted molar refractivity (Wildman–Crippen MR) is 86.0 cm³/mol. The lowest BCUT2D eigenvalue weighted by Crippen LogP contribution is -2.13. The summed E-state index contributed by atoms with van der Waals surface area (Å²) in [6.45, 7) is 0. The van der Waals surface area contributed by atoms with Crippen molar-refractivity contribution in [2.75, 3.05) is 5.75 Å². The van der Waals surface area contributed by atoms with Crippen molar-refractivity contribution in [3.63, 3.8) is 0 Å². The largest absolute Gasteiger partial charge is 0.392 e. The molecular weight excluding hydrogens is 344 g/mol. The zero-order valence-corrected chi connectivity index (χ0v) is 13.4. The van der Waals surface area contributed by atoms with Gasteiger partial charge < -0.3 is 5.11 Å². The second-order valence-electron chi connectivity index (χ2n) is 4.25. The van der Waals surface area contributed by atoms with Crippen LogP contribution in [0, 0.1) is 0 Å². The van der Waals surface area contributed by atoms with E-state index in [1.54, 1.807) is 11.8 Å². The fourth-order valence-corrected chi connectivity index (χ4v) is 3.03. The Balaban J connectivity index is 1.84. The average molecular weight is 358 g/mol. The molecule has 0 spiro atoms. The standard InChI is InChI=1S/C15H14BrClOS/c16-12-4-6-15(7-5-12)19-10-14(18)9-11-2-1-3-13(17)8-11/h1-8,14,18H,9-10H2. The summed E-state index contributed by atoms with van der Waals surface area (Å²) in [4.78, 5) is 1.16. The number of aliphatic hydroxyl groups is 1. The number of thioether (sulfide) groups is 1. The molecule has 0 radical (unpaired) electrons. The Kier molecular flexibility index (Phi) is 5.76. The van der Waals surface area contributed by atoms with Gasteiger partial charge in [-0.05, 0) is 48.4 Å². The Bertz CT molecular complexity index is 530. The number of benzene rings is 2.